The van der Waals surface area contributed by atoms with Crippen LogP contribution in [0.4, 0.5) is 4.39 Å². The number of aryl methyl sites for hydroxylation is 2. The van der Waals surface area contributed by atoms with Crippen LogP contribution in [0.2, 0.25) is 5.02 Å². The second-order valence-corrected chi connectivity index (χ2v) is 6.52. The molecular formula is C20H18ClFN2O2. The lowest BCUT2D eigenvalue weighted by atomic mass is 10.0. The van der Waals surface area contributed by atoms with E-state index in [4.69, 9.17) is 16.3 Å². The van der Waals surface area contributed by atoms with Crippen molar-refractivity contribution in [1.29, 1.82) is 0 Å². The van der Waals surface area contributed by atoms with Crippen molar-refractivity contribution in [2.75, 3.05) is 7.11 Å². The van der Waals surface area contributed by atoms with Crippen molar-refractivity contribution in [3.8, 4) is 11.3 Å². The number of ether oxygens (including phenoxy) is 1. The molecule has 3 rings (SSSR count). The third kappa shape index (κ3) is 3.63. The van der Waals surface area contributed by atoms with Gasteiger partial charge in [-0.25, -0.2) is 9.18 Å². The maximum absolute atomic E-state index is 13.4. The van der Waals surface area contributed by atoms with E-state index in [1.54, 1.807) is 22.9 Å². The summed E-state index contributed by atoms with van der Waals surface area (Å²) in [6.07, 6.45) is 0. The van der Waals surface area contributed by atoms with Crippen LogP contribution in [0.25, 0.3) is 11.3 Å². The number of nitrogens with zero attached hydrogens (tertiary/aromatic N) is 2. The first-order valence-corrected chi connectivity index (χ1v) is 8.44. The third-order valence-corrected chi connectivity index (χ3v) is 4.58. The highest BCUT2D eigenvalue weighted by molar-refractivity contribution is 6.30. The number of aromatic nitrogens is 2. The summed E-state index contributed by atoms with van der Waals surface area (Å²) in [7, 11) is 1.32. The number of hydrogen-bond acceptors (Lipinski definition) is 3. The van der Waals surface area contributed by atoms with E-state index in [2.05, 4.69) is 5.10 Å². The van der Waals surface area contributed by atoms with Gasteiger partial charge in [0.2, 0.25) is 0 Å². The van der Waals surface area contributed by atoms with Gasteiger partial charge in [0.1, 0.15) is 5.82 Å². The van der Waals surface area contributed by atoms with Gasteiger partial charge < -0.3 is 4.74 Å². The van der Waals surface area contributed by atoms with E-state index in [-0.39, 0.29) is 10.7 Å². The van der Waals surface area contributed by atoms with E-state index in [1.807, 2.05) is 32.0 Å². The van der Waals surface area contributed by atoms with Crippen LogP contribution < -0.4 is 0 Å². The van der Waals surface area contributed by atoms with E-state index in [1.165, 1.54) is 18.7 Å². The van der Waals surface area contributed by atoms with Crippen molar-refractivity contribution in [1.82, 2.24) is 9.78 Å². The minimum Gasteiger partial charge on any atom is -0.464 e. The highest BCUT2D eigenvalue weighted by atomic mass is 35.5. The first-order valence-electron chi connectivity index (χ1n) is 8.06. The molecule has 4 nitrogen and oxygen atoms in total. The maximum atomic E-state index is 13.4. The summed E-state index contributed by atoms with van der Waals surface area (Å²) in [5, 5.41) is 4.41. The lowest BCUT2D eigenvalue weighted by molar-refractivity contribution is 0.0593. The van der Waals surface area contributed by atoms with Crippen molar-refractivity contribution < 1.29 is 13.9 Å². The molecule has 0 aliphatic heterocycles. The van der Waals surface area contributed by atoms with Gasteiger partial charge in [-0.3, -0.25) is 4.68 Å². The molecule has 0 unspecified atom stereocenters. The molecule has 0 aliphatic carbocycles. The highest BCUT2D eigenvalue weighted by Crippen LogP contribution is 2.25. The quantitative estimate of drug-likeness (QED) is 0.618. The largest absolute Gasteiger partial charge is 0.464 e. The fourth-order valence-electron chi connectivity index (χ4n) is 2.69. The van der Waals surface area contributed by atoms with Crippen molar-refractivity contribution >= 4 is 17.6 Å². The van der Waals surface area contributed by atoms with Crippen LogP contribution in [0, 0.1) is 19.7 Å². The Bertz CT molecular complexity index is 982. The molecule has 0 saturated heterocycles. The van der Waals surface area contributed by atoms with Crippen LogP contribution in [0.1, 0.15) is 27.2 Å². The summed E-state index contributed by atoms with van der Waals surface area (Å²) < 4.78 is 19.9. The molecule has 1 heterocycles. The summed E-state index contributed by atoms with van der Waals surface area (Å²) in [5.41, 5.74) is 5.02. The topological polar surface area (TPSA) is 44.1 Å². The zero-order valence-corrected chi connectivity index (χ0v) is 15.5. The Morgan fingerprint density at radius 3 is 2.58 bits per heavy atom. The van der Waals surface area contributed by atoms with E-state index < -0.39 is 11.8 Å². The molecule has 1 aromatic heterocycles. The predicted molar refractivity (Wildman–Crippen MR) is 99.0 cm³/mol. The summed E-state index contributed by atoms with van der Waals surface area (Å²) >= 11 is 5.87. The molecule has 0 amide bonds. The van der Waals surface area contributed by atoms with Gasteiger partial charge in [0.15, 0.2) is 5.69 Å². The summed E-state index contributed by atoms with van der Waals surface area (Å²) in [5.74, 6) is -0.980. The van der Waals surface area contributed by atoms with Gasteiger partial charge in [0, 0.05) is 5.56 Å². The molecular weight excluding hydrogens is 355 g/mol. The van der Waals surface area contributed by atoms with E-state index in [9.17, 15) is 9.18 Å². The Labute approximate surface area is 156 Å². The van der Waals surface area contributed by atoms with Crippen LogP contribution >= 0.6 is 11.6 Å². The van der Waals surface area contributed by atoms with Gasteiger partial charge in [-0.15, -0.1) is 0 Å². The van der Waals surface area contributed by atoms with Crippen LogP contribution in [0.5, 0.6) is 0 Å². The molecule has 0 bridgehead atoms. The maximum Gasteiger partial charge on any atom is 0.358 e. The first kappa shape index (κ1) is 18.1. The Kier molecular flexibility index (Phi) is 5.09. The molecule has 0 fully saturated rings. The van der Waals surface area contributed by atoms with Gasteiger partial charge in [-0.05, 0) is 54.8 Å². The standard InChI is InChI=1S/C20H18ClFN2O2/c1-12-4-6-15(8-13(12)2)19-10-18(20(25)26-3)23-24(19)11-14-5-7-17(22)16(21)9-14/h4-10H,11H2,1-3H3. The fourth-order valence-corrected chi connectivity index (χ4v) is 2.89. The number of halogens is 2. The van der Waals surface area contributed by atoms with Gasteiger partial charge in [0.05, 0.1) is 24.4 Å². The average molecular weight is 373 g/mol. The van der Waals surface area contributed by atoms with Gasteiger partial charge >= 0.3 is 5.97 Å². The molecule has 3 aromatic rings. The monoisotopic (exact) mass is 372 g/mol. The SMILES string of the molecule is COC(=O)c1cc(-c2ccc(C)c(C)c2)n(Cc2ccc(F)c(Cl)c2)n1. The van der Waals surface area contributed by atoms with Crippen molar-refractivity contribution in [3.63, 3.8) is 0 Å². The molecule has 0 radical (unpaired) electrons. The Balaban J connectivity index is 2.07. The number of esters is 1. The lowest BCUT2D eigenvalue weighted by Crippen LogP contribution is -2.07. The zero-order valence-electron chi connectivity index (χ0n) is 14.7. The Hall–Kier alpha value is -2.66. The molecule has 26 heavy (non-hydrogen) atoms. The van der Waals surface area contributed by atoms with Crippen molar-refractivity contribution in [2.24, 2.45) is 0 Å². The molecule has 2 aromatic carbocycles. The minimum absolute atomic E-state index is 0.0515. The van der Waals surface area contributed by atoms with E-state index >= 15 is 0 Å². The van der Waals surface area contributed by atoms with Crippen LogP contribution in [-0.2, 0) is 11.3 Å². The molecule has 0 saturated carbocycles. The van der Waals surface area contributed by atoms with Crippen molar-refractivity contribution in [3.05, 3.63) is 75.7 Å². The van der Waals surface area contributed by atoms with E-state index in [0.717, 1.165) is 22.4 Å². The minimum atomic E-state index is -0.508. The second kappa shape index (κ2) is 7.30. The Morgan fingerprint density at radius 1 is 1.15 bits per heavy atom. The number of carbonyl (C=O) groups is 1. The Morgan fingerprint density at radius 2 is 1.92 bits per heavy atom. The summed E-state index contributed by atoms with van der Waals surface area (Å²) in [6.45, 7) is 4.41. The third-order valence-electron chi connectivity index (χ3n) is 4.29. The molecule has 0 atom stereocenters. The number of benzene rings is 2. The van der Waals surface area contributed by atoms with Crippen molar-refractivity contribution in [2.45, 2.75) is 20.4 Å². The zero-order chi connectivity index (χ0) is 18.8. The normalized spacial score (nSPS) is 10.8. The molecule has 134 valence electrons. The lowest BCUT2D eigenvalue weighted by Gasteiger charge is -2.10. The van der Waals surface area contributed by atoms with Gasteiger partial charge in [-0.2, -0.15) is 5.10 Å². The number of carbonyl (C=O) groups excluding carboxylic acids is 1. The number of rotatable bonds is 4. The molecule has 0 aliphatic rings. The van der Waals surface area contributed by atoms with E-state index in [0.29, 0.717) is 6.54 Å². The van der Waals surface area contributed by atoms with Gasteiger partial charge in [-0.1, -0.05) is 29.8 Å². The second-order valence-electron chi connectivity index (χ2n) is 6.11. The first-order chi connectivity index (χ1) is 12.4. The molecule has 0 spiro atoms. The number of hydrogen-bond donors (Lipinski definition) is 0. The molecule has 6 heteroatoms. The van der Waals surface area contributed by atoms with Crippen LogP contribution in [0.15, 0.2) is 42.5 Å². The summed E-state index contributed by atoms with van der Waals surface area (Å²) in [6, 6.07) is 12.3. The summed E-state index contributed by atoms with van der Waals surface area (Å²) in [4.78, 5) is 11.9. The highest BCUT2D eigenvalue weighted by Gasteiger charge is 2.17. The molecule has 0 N–H and O–H groups in total. The van der Waals surface area contributed by atoms with Gasteiger partial charge in [0.25, 0.3) is 0 Å². The van der Waals surface area contributed by atoms with Crippen LogP contribution in [0.3, 0.4) is 0 Å². The predicted octanol–water partition coefficient (Wildman–Crippen LogP) is 4.79. The number of methoxy groups -OCH3 is 1. The average Bonchev–Trinajstić information content (AvgIpc) is 3.03. The smallest absolute Gasteiger partial charge is 0.358 e. The fraction of sp³-hybridized carbons (Fsp3) is 0.200. The van der Waals surface area contributed by atoms with Crippen LogP contribution in [-0.4, -0.2) is 22.9 Å².